The van der Waals surface area contributed by atoms with Crippen LogP contribution in [0.5, 0.6) is 5.75 Å². The fourth-order valence-corrected chi connectivity index (χ4v) is 1.57. The molecule has 0 radical (unpaired) electrons. The molecule has 0 amide bonds. The van der Waals surface area contributed by atoms with Gasteiger partial charge in [-0.15, -0.1) is 0 Å². The van der Waals surface area contributed by atoms with Crippen molar-refractivity contribution in [3.05, 3.63) is 29.6 Å². The van der Waals surface area contributed by atoms with E-state index >= 15 is 0 Å². The molecule has 3 nitrogen and oxygen atoms in total. The number of rotatable bonds is 0. The second-order valence-corrected chi connectivity index (χ2v) is 3.32. The molecular formula is C10H10FNO2. The van der Waals surface area contributed by atoms with Crippen LogP contribution in [0.15, 0.2) is 23.4 Å². The maximum atomic E-state index is 12.9. The molecule has 0 aromatic heterocycles. The van der Waals surface area contributed by atoms with E-state index in [0.717, 1.165) is 0 Å². The fraction of sp³-hybridized carbons (Fsp3) is 0.300. The minimum absolute atomic E-state index is 0.0427. The maximum Gasteiger partial charge on any atom is 0.129 e. The second kappa shape index (κ2) is 3.29. The Morgan fingerprint density at radius 2 is 2.36 bits per heavy atom. The van der Waals surface area contributed by atoms with Crippen LogP contribution in [0.1, 0.15) is 18.9 Å². The number of hydrogen-bond acceptors (Lipinski definition) is 3. The Morgan fingerprint density at radius 1 is 1.57 bits per heavy atom. The highest BCUT2D eigenvalue weighted by molar-refractivity contribution is 6.03. The molecule has 1 aliphatic heterocycles. The summed E-state index contributed by atoms with van der Waals surface area (Å²) in [7, 11) is 0. The zero-order chi connectivity index (χ0) is 10.1. The van der Waals surface area contributed by atoms with Crippen LogP contribution in [0.2, 0.25) is 0 Å². The molecule has 2 rings (SSSR count). The minimum atomic E-state index is -0.358. The van der Waals surface area contributed by atoms with Gasteiger partial charge in [-0.05, 0) is 25.1 Å². The minimum Gasteiger partial charge on any atom is -0.490 e. The van der Waals surface area contributed by atoms with Crippen LogP contribution >= 0.6 is 0 Å². The molecule has 1 aromatic rings. The summed E-state index contributed by atoms with van der Waals surface area (Å²) in [5.74, 6) is 0.209. The first-order valence-electron chi connectivity index (χ1n) is 4.38. The lowest BCUT2D eigenvalue weighted by Gasteiger charge is -2.23. The summed E-state index contributed by atoms with van der Waals surface area (Å²) >= 11 is 0. The number of ether oxygens (including phenoxy) is 1. The van der Waals surface area contributed by atoms with Crippen molar-refractivity contribution in [3.63, 3.8) is 0 Å². The standard InChI is InChI=1S/C10H10FNO2/c1-6-4-9(12-13)8-5-7(11)2-3-10(8)14-6/h2-3,5-6,13H,4H2,1H3/b12-9+/t6-/m1/s1. The van der Waals surface area contributed by atoms with Gasteiger partial charge in [0, 0.05) is 12.0 Å². The Morgan fingerprint density at radius 3 is 3.07 bits per heavy atom. The molecule has 1 N–H and O–H groups in total. The smallest absolute Gasteiger partial charge is 0.129 e. The summed E-state index contributed by atoms with van der Waals surface area (Å²) in [4.78, 5) is 0. The molecular weight excluding hydrogens is 185 g/mol. The zero-order valence-electron chi connectivity index (χ0n) is 7.70. The van der Waals surface area contributed by atoms with Crippen molar-refractivity contribution >= 4 is 5.71 Å². The number of fused-ring (bicyclic) bond motifs is 1. The van der Waals surface area contributed by atoms with E-state index in [1.165, 1.54) is 12.1 Å². The molecule has 14 heavy (non-hydrogen) atoms. The average molecular weight is 195 g/mol. The number of oxime groups is 1. The second-order valence-electron chi connectivity index (χ2n) is 3.32. The Kier molecular flexibility index (Phi) is 2.11. The fourth-order valence-electron chi connectivity index (χ4n) is 1.57. The number of halogens is 1. The SMILES string of the molecule is C[C@@H]1C/C(=N\O)c2cc(F)ccc2O1. The van der Waals surface area contributed by atoms with Crippen molar-refractivity contribution in [2.24, 2.45) is 5.16 Å². The van der Waals surface area contributed by atoms with Gasteiger partial charge >= 0.3 is 0 Å². The molecule has 0 unspecified atom stereocenters. The Labute approximate surface area is 80.8 Å². The summed E-state index contributed by atoms with van der Waals surface area (Å²) in [5.41, 5.74) is 1.00. The van der Waals surface area contributed by atoms with Gasteiger partial charge in [-0.25, -0.2) is 4.39 Å². The molecule has 1 aromatic carbocycles. The van der Waals surface area contributed by atoms with Crippen LogP contribution in [0.3, 0.4) is 0 Å². The maximum absolute atomic E-state index is 12.9. The van der Waals surface area contributed by atoms with Crippen molar-refractivity contribution < 1.29 is 14.3 Å². The number of hydrogen-bond donors (Lipinski definition) is 1. The highest BCUT2D eigenvalue weighted by atomic mass is 19.1. The average Bonchev–Trinajstić information content (AvgIpc) is 2.17. The van der Waals surface area contributed by atoms with Gasteiger partial charge in [-0.1, -0.05) is 5.16 Å². The normalized spacial score (nSPS) is 23.0. The first kappa shape index (κ1) is 8.99. The van der Waals surface area contributed by atoms with Crippen LogP contribution in [-0.4, -0.2) is 17.0 Å². The Balaban J connectivity index is 2.52. The van der Waals surface area contributed by atoms with Crippen molar-refractivity contribution in [2.75, 3.05) is 0 Å². The molecule has 74 valence electrons. The van der Waals surface area contributed by atoms with E-state index in [1.807, 2.05) is 6.92 Å². The van der Waals surface area contributed by atoms with Crippen LogP contribution in [0.25, 0.3) is 0 Å². The van der Waals surface area contributed by atoms with Crippen LogP contribution in [-0.2, 0) is 0 Å². The lowest BCUT2D eigenvalue weighted by molar-refractivity contribution is 0.217. The predicted molar refractivity (Wildman–Crippen MR) is 49.4 cm³/mol. The van der Waals surface area contributed by atoms with E-state index in [0.29, 0.717) is 23.4 Å². The molecule has 0 bridgehead atoms. The van der Waals surface area contributed by atoms with Gasteiger partial charge in [0.05, 0.1) is 5.71 Å². The summed E-state index contributed by atoms with van der Waals surface area (Å²) in [5, 5.41) is 11.9. The predicted octanol–water partition coefficient (Wildman–Crippen LogP) is 2.17. The van der Waals surface area contributed by atoms with E-state index in [1.54, 1.807) is 6.07 Å². The summed E-state index contributed by atoms with van der Waals surface area (Å²) in [6.45, 7) is 1.87. The zero-order valence-corrected chi connectivity index (χ0v) is 7.70. The summed E-state index contributed by atoms with van der Waals surface area (Å²) in [6.07, 6.45) is 0.450. The van der Waals surface area contributed by atoms with Crippen LogP contribution < -0.4 is 4.74 Å². The van der Waals surface area contributed by atoms with Crippen molar-refractivity contribution in [2.45, 2.75) is 19.4 Å². The van der Waals surface area contributed by atoms with Gasteiger partial charge in [0.1, 0.15) is 17.7 Å². The monoisotopic (exact) mass is 195 g/mol. The van der Waals surface area contributed by atoms with Gasteiger partial charge in [0.15, 0.2) is 0 Å². The molecule has 0 saturated carbocycles. The molecule has 0 saturated heterocycles. The first-order valence-corrected chi connectivity index (χ1v) is 4.38. The number of nitrogens with zero attached hydrogens (tertiary/aromatic N) is 1. The molecule has 4 heteroatoms. The van der Waals surface area contributed by atoms with E-state index in [9.17, 15) is 4.39 Å². The molecule has 1 heterocycles. The molecule has 0 aliphatic carbocycles. The van der Waals surface area contributed by atoms with Gasteiger partial charge in [-0.3, -0.25) is 0 Å². The molecule has 1 aliphatic rings. The molecule has 0 spiro atoms. The number of benzene rings is 1. The van der Waals surface area contributed by atoms with Crippen LogP contribution in [0.4, 0.5) is 4.39 Å². The van der Waals surface area contributed by atoms with Gasteiger partial charge in [0.25, 0.3) is 0 Å². The Bertz CT molecular complexity index is 390. The highest BCUT2D eigenvalue weighted by Crippen LogP contribution is 2.28. The van der Waals surface area contributed by atoms with Gasteiger partial charge < -0.3 is 9.94 Å². The molecule has 0 fully saturated rings. The van der Waals surface area contributed by atoms with E-state index in [-0.39, 0.29) is 11.9 Å². The quantitative estimate of drug-likeness (QED) is 0.509. The van der Waals surface area contributed by atoms with E-state index < -0.39 is 0 Å². The van der Waals surface area contributed by atoms with Crippen molar-refractivity contribution in [1.29, 1.82) is 0 Å². The third-order valence-corrected chi connectivity index (χ3v) is 2.18. The third kappa shape index (κ3) is 1.43. The lowest BCUT2D eigenvalue weighted by Crippen LogP contribution is -2.24. The first-order chi connectivity index (χ1) is 6.70. The van der Waals surface area contributed by atoms with Gasteiger partial charge in [-0.2, -0.15) is 0 Å². The van der Waals surface area contributed by atoms with Gasteiger partial charge in [0.2, 0.25) is 0 Å². The summed E-state index contributed by atoms with van der Waals surface area (Å²) < 4.78 is 18.4. The third-order valence-electron chi connectivity index (χ3n) is 2.18. The van der Waals surface area contributed by atoms with E-state index in [2.05, 4.69) is 5.16 Å². The van der Waals surface area contributed by atoms with Crippen LogP contribution in [0, 0.1) is 5.82 Å². The Hall–Kier alpha value is -1.58. The van der Waals surface area contributed by atoms with Crippen molar-refractivity contribution in [3.8, 4) is 5.75 Å². The highest BCUT2D eigenvalue weighted by Gasteiger charge is 2.22. The van der Waals surface area contributed by atoms with E-state index in [4.69, 9.17) is 9.94 Å². The largest absolute Gasteiger partial charge is 0.490 e. The van der Waals surface area contributed by atoms with Crippen molar-refractivity contribution in [1.82, 2.24) is 0 Å². The topological polar surface area (TPSA) is 41.8 Å². The lowest BCUT2D eigenvalue weighted by atomic mass is 10.0. The summed E-state index contributed by atoms with van der Waals surface area (Å²) in [6, 6.07) is 4.19. The molecule has 1 atom stereocenters.